The van der Waals surface area contributed by atoms with Crippen LogP contribution < -0.4 is 10.1 Å². The van der Waals surface area contributed by atoms with Crippen molar-refractivity contribution in [1.29, 1.82) is 0 Å². The summed E-state index contributed by atoms with van der Waals surface area (Å²) < 4.78 is 10.8. The molecule has 2 aromatic heterocycles. The van der Waals surface area contributed by atoms with Crippen LogP contribution in [0.3, 0.4) is 0 Å². The molecule has 0 saturated heterocycles. The summed E-state index contributed by atoms with van der Waals surface area (Å²) in [5, 5.41) is 4.78. The summed E-state index contributed by atoms with van der Waals surface area (Å²) in [4.78, 5) is 24.0. The molecule has 5 rings (SSSR count). The minimum absolute atomic E-state index is 0.160. The number of H-pyrrole nitrogens is 1. The molecule has 0 saturated carbocycles. The van der Waals surface area contributed by atoms with Crippen LogP contribution in [0.25, 0.3) is 22.3 Å². The fraction of sp³-hybridized carbons (Fsp3) is 0.0741. The lowest BCUT2D eigenvalue weighted by Crippen LogP contribution is -2.14. The Morgan fingerprint density at radius 2 is 1.77 bits per heavy atom. The Hall–Kier alpha value is -4.36. The zero-order valence-corrected chi connectivity index (χ0v) is 19.3. The molecule has 174 valence electrons. The largest absolute Gasteiger partial charge is 0.482 e. The van der Waals surface area contributed by atoms with Crippen molar-refractivity contribution in [2.45, 2.75) is 6.61 Å². The molecule has 0 atom stereocenters. The van der Waals surface area contributed by atoms with E-state index in [1.54, 1.807) is 0 Å². The van der Waals surface area contributed by atoms with E-state index < -0.39 is 5.97 Å². The molecule has 3 aromatic carbocycles. The molecule has 0 bridgehead atoms. The van der Waals surface area contributed by atoms with Crippen LogP contribution in [-0.2, 0) is 16.1 Å². The van der Waals surface area contributed by atoms with Crippen molar-refractivity contribution in [3.8, 4) is 17.0 Å². The van der Waals surface area contributed by atoms with E-state index in [1.807, 2.05) is 84.9 Å². The summed E-state index contributed by atoms with van der Waals surface area (Å²) >= 11 is 6.09. The van der Waals surface area contributed by atoms with Gasteiger partial charge in [-0.25, -0.2) is 14.8 Å². The molecule has 2 heterocycles. The highest BCUT2D eigenvalue weighted by atomic mass is 35.5. The maximum atomic E-state index is 12.0. The number of esters is 1. The molecule has 0 fully saturated rings. The van der Waals surface area contributed by atoms with Gasteiger partial charge in [-0.2, -0.15) is 0 Å². The first-order valence-electron chi connectivity index (χ1n) is 10.9. The average molecular weight is 485 g/mol. The van der Waals surface area contributed by atoms with Crippen molar-refractivity contribution in [3.05, 3.63) is 102 Å². The van der Waals surface area contributed by atoms with Gasteiger partial charge >= 0.3 is 5.97 Å². The normalized spacial score (nSPS) is 10.8. The van der Waals surface area contributed by atoms with Crippen molar-refractivity contribution >= 4 is 40.1 Å². The van der Waals surface area contributed by atoms with Crippen molar-refractivity contribution < 1.29 is 14.3 Å². The maximum absolute atomic E-state index is 12.0. The number of carbonyl (C=O) groups excluding carboxylic acids is 1. The fourth-order valence-corrected chi connectivity index (χ4v) is 3.74. The molecule has 35 heavy (non-hydrogen) atoms. The van der Waals surface area contributed by atoms with Gasteiger partial charge in [0.2, 0.25) is 0 Å². The molecule has 0 radical (unpaired) electrons. The number of fused-ring (bicyclic) bond motifs is 1. The quantitative estimate of drug-likeness (QED) is 0.257. The molecule has 2 N–H and O–H groups in total. The van der Waals surface area contributed by atoms with E-state index in [0.717, 1.165) is 27.9 Å². The predicted octanol–water partition coefficient (Wildman–Crippen LogP) is 6.14. The second-order valence-corrected chi connectivity index (χ2v) is 8.20. The monoisotopic (exact) mass is 484 g/mol. The second kappa shape index (κ2) is 10.3. The number of halogens is 1. The Balaban J connectivity index is 1.23. The van der Waals surface area contributed by atoms with Crippen molar-refractivity contribution in [2.75, 3.05) is 11.9 Å². The highest BCUT2D eigenvalue weighted by Gasteiger charge is 2.11. The van der Waals surface area contributed by atoms with Gasteiger partial charge in [0, 0.05) is 16.4 Å². The highest BCUT2D eigenvalue weighted by Crippen LogP contribution is 2.30. The highest BCUT2D eigenvalue weighted by molar-refractivity contribution is 6.30. The lowest BCUT2D eigenvalue weighted by Gasteiger charge is -2.08. The third kappa shape index (κ3) is 5.59. The van der Waals surface area contributed by atoms with Crippen LogP contribution in [-0.4, -0.2) is 27.5 Å². The zero-order chi connectivity index (χ0) is 24.0. The fourth-order valence-electron chi connectivity index (χ4n) is 3.55. The van der Waals surface area contributed by atoms with Crippen molar-refractivity contribution in [1.82, 2.24) is 15.0 Å². The van der Waals surface area contributed by atoms with Crippen LogP contribution in [0.4, 0.5) is 11.5 Å². The van der Waals surface area contributed by atoms with Gasteiger partial charge in [-0.15, -0.1) is 0 Å². The topological polar surface area (TPSA) is 89.1 Å². The van der Waals surface area contributed by atoms with E-state index in [1.165, 1.54) is 6.33 Å². The van der Waals surface area contributed by atoms with E-state index >= 15 is 0 Å². The summed E-state index contributed by atoms with van der Waals surface area (Å²) in [6.07, 6.45) is 1.50. The number of benzene rings is 3. The lowest BCUT2D eigenvalue weighted by atomic mass is 10.1. The summed E-state index contributed by atoms with van der Waals surface area (Å²) in [6.45, 7) is 0.0616. The third-order valence-corrected chi connectivity index (χ3v) is 5.51. The van der Waals surface area contributed by atoms with Gasteiger partial charge in [0.05, 0.1) is 5.39 Å². The van der Waals surface area contributed by atoms with Gasteiger partial charge in [0.15, 0.2) is 6.61 Å². The summed E-state index contributed by atoms with van der Waals surface area (Å²) in [5.74, 6) is 0.824. The third-order valence-electron chi connectivity index (χ3n) is 5.28. The number of ether oxygens (including phenoxy) is 2. The number of hydrogen-bond donors (Lipinski definition) is 2. The molecule has 0 aliphatic carbocycles. The van der Waals surface area contributed by atoms with Gasteiger partial charge < -0.3 is 19.8 Å². The van der Waals surface area contributed by atoms with Crippen LogP contribution >= 0.6 is 11.6 Å². The number of nitrogens with one attached hydrogen (secondary N) is 2. The summed E-state index contributed by atoms with van der Waals surface area (Å²) in [5.41, 5.74) is 4.29. The first kappa shape index (κ1) is 22.4. The van der Waals surface area contributed by atoms with Crippen LogP contribution in [0.5, 0.6) is 5.75 Å². The first-order chi connectivity index (χ1) is 17.1. The number of hydrogen-bond acceptors (Lipinski definition) is 6. The molecule has 8 heteroatoms. The zero-order valence-electron chi connectivity index (χ0n) is 18.6. The number of aromatic amines is 1. The molecule has 0 amide bonds. The first-order valence-corrected chi connectivity index (χ1v) is 11.3. The van der Waals surface area contributed by atoms with Gasteiger partial charge in [0.1, 0.15) is 30.1 Å². The van der Waals surface area contributed by atoms with Gasteiger partial charge in [-0.3, -0.25) is 0 Å². The average Bonchev–Trinajstić information content (AvgIpc) is 3.33. The molecule has 0 spiro atoms. The Morgan fingerprint density at radius 1 is 0.943 bits per heavy atom. The SMILES string of the molecule is O=C(COc1ccc(-c2cc3c(Nc4cccc(Cl)c4)ncnc3[nH]2)cc1)OCc1ccccc1. The van der Waals surface area contributed by atoms with E-state index in [9.17, 15) is 4.79 Å². The van der Waals surface area contributed by atoms with E-state index in [-0.39, 0.29) is 13.2 Å². The molecule has 0 aliphatic heterocycles. The summed E-state index contributed by atoms with van der Waals surface area (Å²) in [7, 11) is 0. The Bertz CT molecular complexity index is 1450. The molecule has 7 nitrogen and oxygen atoms in total. The van der Waals surface area contributed by atoms with Crippen LogP contribution in [0.15, 0.2) is 91.3 Å². The van der Waals surface area contributed by atoms with Crippen LogP contribution in [0.2, 0.25) is 5.02 Å². The van der Waals surface area contributed by atoms with Crippen LogP contribution in [0, 0.1) is 0 Å². The summed E-state index contributed by atoms with van der Waals surface area (Å²) in [6, 6.07) is 26.4. The van der Waals surface area contributed by atoms with Crippen LogP contribution in [0.1, 0.15) is 5.56 Å². The second-order valence-electron chi connectivity index (χ2n) is 7.76. The molecule has 5 aromatic rings. The maximum Gasteiger partial charge on any atom is 0.344 e. The van der Waals surface area contributed by atoms with E-state index in [4.69, 9.17) is 21.1 Å². The Morgan fingerprint density at radius 3 is 2.57 bits per heavy atom. The Labute approximate surface area is 206 Å². The lowest BCUT2D eigenvalue weighted by molar-refractivity contribution is -0.147. The van der Waals surface area contributed by atoms with Gasteiger partial charge in [-0.1, -0.05) is 48.0 Å². The van der Waals surface area contributed by atoms with Crippen molar-refractivity contribution in [2.24, 2.45) is 0 Å². The van der Waals surface area contributed by atoms with E-state index in [2.05, 4.69) is 20.3 Å². The molecule has 0 aliphatic rings. The Kier molecular flexibility index (Phi) is 6.59. The number of carbonyl (C=O) groups is 1. The molecular formula is C27H21ClN4O3. The number of anilines is 2. The number of rotatable bonds is 8. The van der Waals surface area contributed by atoms with E-state index in [0.29, 0.717) is 22.2 Å². The predicted molar refractivity (Wildman–Crippen MR) is 136 cm³/mol. The van der Waals surface area contributed by atoms with Crippen molar-refractivity contribution in [3.63, 3.8) is 0 Å². The minimum Gasteiger partial charge on any atom is -0.482 e. The number of aromatic nitrogens is 3. The number of nitrogens with zero attached hydrogens (tertiary/aromatic N) is 2. The molecular weight excluding hydrogens is 464 g/mol. The standard InChI is InChI=1S/C27H21ClN4O3/c28-20-7-4-8-21(13-20)31-26-23-14-24(32-27(23)30-17-29-26)19-9-11-22(12-10-19)34-16-25(33)35-15-18-5-2-1-3-6-18/h1-14,17H,15-16H2,(H2,29,30,31,32). The minimum atomic E-state index is -0.424. The van der Waals surface area contributed by atoms with Gasteiger partial charge in [0.25, 0.3) is 0 Å². The molecule has 0 unspecified atom stereocenters. The smallest absolute Gasteiger partial charge is 0.344 e. The van der Waals surface area contributed by atoms with Gasteiger partial charge in [-0.05, 0) is 59.7 Å².